The molecule has 2 aliphatic heterocycles. The third-order valence-electron chi connectivity index (χ3n) is 7.54. The van der Waals surface area contributed by atoms with E-state index in [4.69, 9.17) is 22.1 Å². The second-order valence-electron chi connectivity index (χ2n) is 9.96. The Morgan fingerprint density at radius 2 is 1.87 bits per heavy atom. The van der Waals surface area contributed by atoms with Gasteiger partial charge >= 0.3 is 12.2 Å². The number of halogens is 1. The molecule has 39 heavy (non-hydrogen) atoms. The summed E-state index contributed by atoms with van der Waals surface area (Å²) in [7, 11) is 1.46. The first-order valence-corrected chi connectivity index (χ1v) is 13.0. The number of rotatable bonds is 6. The van der Waals surface area contributed by atoms with Crippen LogP contribution in [0.5, 0.6) is 0 Å². The number of fused-ring (bicyclic) bond motifs is 2. The number of nitrogens with two attached hydrogens (primary N) is 1. The number of nitrogens with one attached hydrogen (secondary N) is 1. The first kappa shape index (κ1) is 26.5. The summed E-state index contributed by atoms with van der Waals surface area (Å²) < 4.78 is 5.81. The van der Waals surface area contributed by atoms with Gasteiger partial charge in [0, 0.05) is 42.3 Å². The Hall–Kier alpha value is -4.08. The third-order valence-corrected chi connectivity index (χ3v) is 7.78. The van der Waals surface area contributed by atoms with Crippen molar-refractivity contribution < 1.29 is 24.2 Å². The molecule has 9 nitrogen and oxygen atoms in total. The number of likely N-dealkylation sites (tertiary alicyclic amines) is 1. The SMILES string of the molecule is CN(C(=O)O)c1ccc(C(N)[C@H](Cc2ccccc2)C(=O)N2CC[C@]3(C2)OC(=O)Nc2ccc(Cl)cc23)cc1. The summed E-state index contributed by atoms with van der Waals surface area (Å²) in [6.07, 6.45) is -0.801. The van der Waals surface area contributed by atoms with Gasteiger partial charge in [-0.1, -0.05) is 54.1 Å². The molecule has 2 heterocycles. The van der Waals surface area contributed by atoms with E-state index in [-0.39, 0.29) is 12.5 Å². The summed E-state index contributed by atoms with van der Waals surface area (Å²) in [6.45, 7) is 0.575. The molecule has 202 valence electrons. The Bertz CT molecular complexity index is 1400. The lowest BCUT2D eigenvalue weighted by atomic mass is 9.86. The van der Waals surface area contributed by atoms with Gasteiger partial charge in [0.25, 0.3) is 0 Å². The van der Waals surface area contributed by atoms with Crippen molar-refractivity contribution in [1.29, 1.82) is 0 Å². The number of anilines is 2. The first-order chi connectivity index (χ1) is 18.7. The fourth-order valence-electron chi connectivity index (χ4n) is 5.38. The number of amides is 3. The van der Waals surface area contributed by atoms with Crippen molar-refractivity contribution in [3.8, 4) is 0 Å². The van der Waals surface area contributed by atoms with Crippen LogP contribution in [0.15, 0.2) is 72.8 Å². The second-order valence-corrected chi connectivity index (χ2v) is 10.4. The van der Waals surface area contributed by atoms with Crippen molar-refractivity contribution in [2.24, 2.45) is 11.7 Å². The predicted molar refractivity (Wildman–Crippen MR) is 148 cm³/mol. The van der Waals surface area contributed by atoms with Crippen LogP contribution in [0.1, 0.15) is 29.2 Å². The molecular weight excluding hydrogens is 520 g/mol. The average molecular weight is 549 g/mol. The van der Waals surface area contributed by atoms with Crippen LogP contribution in [-0.2, 0) is 21.6 Å². The quantitative estimate of drug-likeness (QED) is 0.398. The highest BCUT2D eigenvalue weighted by molar-refractivity contribution is 6.30. The third kappa shape index (κ3) is 5.28. The molecule has 0 radical (unpaired) electrons. The number of hydrogen-bond donors (Lipinski definition) is 3. The predicted octanol–water partition coefficient (Wildman–Crippen LogP) is 5.00. The zero-order chi connectivity index (χ0) is 27.7. The van der Waals surface area contributed by atoms with Gasteiger partial charge in [0.05, 0.1) is 18.2 Å². The maximum Gasteiger partial charge on any atom is 0.412 e. The van der Waals surface area contributed by atoms with Gasteiger partial charge < -0.3 is 20.5 Å². The summed E-state index contributed by atoms with van der Waals surface area (Å²) in [5.41, 5.74) is 9.28. The van der Waals surface area contributed by atoms with E-state index in [1.54, 1.807) is 47.4 Å². The fraction of sp³-hybridized carbons (Fsp3) is 0.276. The lowest BCUT2D eigenvalue weighted by molar-refractivity contribution is -0.136. The van der Waals surface area contributed by atoms with Gasteiger partial charge in [-0.25, -0.2) is 9.59 Å². The Morgan fingerprint density at radius 1 is 1.15 bits per heavy atom. The standard InChI is InChI=1S/C29H29ClN4O5/c1-33(28(37)38)21-10-7-19(8-11-21)25(31)22(15-18-5-3-2-4-6-18)26(35)34-14-13-29(17-34)23-16-20(30)9-12-24(23)32-27(36)39-29/h2-12,16,22,25H,13-15,17,31H2,1H3,(H,32,36)(H,37,38)/t22-,25?,29+/m0/s1. The smallest absolute Gasteiger partial charge is 0.412 e. The summed E-state index contributed by atoms with van der Waals surface area (Å²) in [5.74, 6) is -0.755. The maximum absolute atomic E-state index is 14.1. The zero-order valence-electron chi connectivity index (χ0n) is 21.3. The highest BCUT2D eigenvalue weighted by Crippen LogP contribution is 2.44. The molecule has 3 aromatic carbocycles. The normalized spacial score (nSPS) is 19.6. The largest absolute Gasteiger partial charge is 0.465 e. The molecule has 2 aliphatic rings. The van der Waals surface area contributed by atoms with Crippen LogP contribution in [0.25, 0.3) is 0 Å². The van der Waals surface area contributed by atoms with E-state index in [0.717, 1.165) is 16.0 Å². The van der Waals surface area contributed by atoms with Gasteiger partial charge in [-0.3, -0.25) is 15.0 Å². The Morgan fingerprint density at radius 3 is 2.56 bits per heavy atom. The van der Waals surface area contributed by atoms with Gasteiger partial charge in [-0.05, 0) is 47.9 Å². The molecule has 0 bridgehead atoms. The van der Waals surface area contributed by atoms with Crippen molar-refractivity contribution >= 4 is 41.1 Å². The number of carboxylic acid groups (broad SMARTS) is 1. The van der Waals surface area contributed by atoms with Crippen molar-refractivity contribution in [2.45, 2.75) is 24.5 Å². The molecule has 3 amide bonds. The van der Waals surface area contributed by atoms with Gasteiger partial charge in [0.15, 0.2) is 5.60 Å². The molecule has 1 spiro atoms. The summed E-state index contributed by atoms with van der Waals surface area (Å²) in [5, 5.41) is 12.5. The Labute approximate surface area is 231 Å². The summed E-state index contributed by atoms with van der Waals surface area (Å²) in [4.78, 5) is 40.6. The molecule has 3 atom stereocenters. The zero-order valence-corrected chi connectivity index (χ0v) is 22.1. The van der Waals surface area contributed by atoms with Gasteiger partial charge in [0.2, 0.25) is 5.91 Å². The van der Waals surface area contributed by atoms with Gasteiger partial charge in [0.1, 0.15) is 0 Å². The molecule has 3 aromatic rings. The highest BCUT2D eigenvalue weighted by atomic mass is 35.5. The van der Waals surface area contributed by atoms with E-state index in [1.165, 1.54) is 7.05 Å². The number of hydrogen-bond acceptors (Lipinski definition) is 5. The van der Waals surface area contributed by atoms with Gasteiger partial charge in [-0.2, -0.15) is 0 Å². The molecule has 5 rings (SSSR count). The van der Waals surface area contributed by atoms with E-state index >= 15 is 0 Å². The van der Waals surface area contributed by atoms with Crippen LogP contribution in [0, 0.1) is 5.92 Å². The van der Waals surface area contributed by atoms with Crippen LogP contribution in [-0.4, -0.2) is 48.2 Å². The first-order valence-electron chi connectivity index (χ1n) is 12.6. The van der Waals surface area contributed by atoms with Crippen molar-refractivity contribution in [2.75, 3.05) is 30.4 Å². The lowest BCUT2D eigenvalue weighted by Crippen LogP contribution is -2.45. The summed E-state index contributed by atoms with van der Waals surface area (Å²) >= 11 is 6.27. The monoisotopic (exact) mass is 548 g/mol. The molecule has 1 fully saturated rings. The van der Waals surface area contributed by atoms with Crippen LogP contribution in [0.2, 0.25) is 5.02 Å². The van der Waals surface area contributed by atoms with E-state index < -0.39 is 29.7 Å². The van der Waals surface area contributed by atoms with Crippen molar-refractivity contribution in [1.82, 2.24) is 4.90 Å². The molecule has 0 saturated carbocycles. The Balaban J connectivity index is 1.43. The van der Waals surface area contributed by atoms with E-state index in [2.05, 4.69) is 5.32 Å². The minimum Gasteiger partial charge on any atom is -0.465 e. The molecule has 1 saturated heterocycles. The average Bonchev–Trinajstić information content (AvgIpc) is 3.35. The molecule has 1 unspecified atom stereocenters. The topological polar surface area (TPSA) is 125 Å². The number of ether oxygens (including phenoxy) is 1. The van der Waals surface area contributed by atoms with E-state index in [9.17, 15) is 19.5 Å². The van der Waals surface area contributed by atoms with Crippen LogP contribution in [0.3, 0.4) is 0 Å². The molecular formula is C29H29ClN4O5. The maximum atomic E-state index is 14.1. The van der Waals surface area contributed by atoms with E-state index in [0.29, 0.717) is 41.3 Å². The number of nitrogens with zero attached hydrogens (tertiary/aromatic N) is 2. The van der Waals surface area contributed by atoms with Crippen molar-refractivity contribution in [3.05, 3.63) is 94.5 Å². The molecule has 0 aromatic heterocycles. The van der Waals surface area contributed by atoms with Crippen LogP contribution in [0.4, 0.5) is 21.0 Å². The second kappa shape index (κ2) is 10.6. The number of benzene rings is 3. The minimum atomic E-state index is -1.08. The molecule has 10 heteroatoms. The lowest BCUT2D eigenvalue weighted by Gasteiger charge is -2.36. The molecule has 0 aliphatic carbocycles. The van der Waals surface area contributed by atoms with Crippen LogP contribution >= 0.6 is 11.6 Å². The minimum absolute atomic E-state index is 0.145. The number of carbonyl (C=O) groups is 3. The fourth-order valence-corrected chi connectivity index (χ4v) is 5.55. The van der Waals surface area contributed by atoms with E-state index in [1.807, 2.05) is 30.3 Å². The summed E-state index contributed by atoms with van der Waals surface area (Å²) in [6, 6.07) is 21.1. The Kier molecular flexibility index (Phi) is 7.20. The van der Waals surface area contributed by atoms with Crippen molar-refractivity contribution in [3.63, 3.8) is 0 Å². The van der Waals surface area contributed by atoms with Gasteiger partial charge in [-0.15, -0.1) is 0 Å². The van der Waals surface area contributed by atoms with Crippen LogP contribution < -0.4 is 16.0 Å². The molecule has 4 N–H and O–H groups in total. The number of carbonyl (C=O) groups excluding carboxylic acids is 2. The highest BCUT2D eigenvalue weighted by Gasteiger charge is 2.49.